The van der Waals surface area contributed by atoms with Gasteiger partial charge in [0.15, 0.2) is 0 Å². The molecule has 0 rings (SSSR count). The molecule has 0 aliphatic heterocycles. The number of rotatable bonds is 50. The Morgan fingerprint density at radius 1 is 0.522 bits per heavy atom. The lowest BCUT2D eigenvalue weighted by atomic mass is 10.0. The van der Waals surface area contributed by atoms with Crippen LogP contribution >= 0.6 is 7.82 Å². The monoisotopic (exact) mass is 959 g/mol. The Morgan fingerprint density at radius 3 is 1.34 bits per heavy atom. The van der Waals surface area contributed by atoms with Gasteiger partial charge in [-0.2, -0.15) is 0 Å². The molecular weight excluding hydrogens is 852 g/mol. The first-order valence-corrected chi connectivity index (χ1v) is 29.3. The highest BCUT2D eigenvalue weighted by molar-refractivity contribution is 7.45. The number of quaternary nitrogens is 1. The van der Waals surface area contributed by atoms with Crippen molar-refractivity contribution < 1.29 is 32.9 Å². The Balaban J connectivity index is 4.35. The molecular formula is C58H107N2O6P. The molecule has 2 N–H and O–H groups in total. The largest absolute Gasteiger partial charge is 0.756 e. The van der Waals surface area contributed by atoms with Crippen molar-refractivity contribution in [2.45, 2.75) is 251 Å². The number of aliphatic hydroxyl groups excluding tert-OH is 1. The maximum atomic E-state index is 12.9. The predicted octanol–water partition coefficient (Wildman–Crippen LogP) is 16.1. The maximum Gasteiger partial charge on any atom is 0.268 e. The SMILES string of the molecule is CCCCC/C=C\C/C=C\C/C=C\CCCCCCCCC(=O)NC(COP(=O)([O-])OCC[N+](C)(C)C)C(O)/C=C/CC/C=C/CC/C=C/CCCCCCCCCCCCCCCCCC. The summed E-state index contributed by atoms with van der Waals surface area (Å²) in [4.78, 5) is 25.4. The minimum Gasteiger partial charge on any atom is -0.756 e. The molecule has 9 heteroatoms. The molecule has 0 saturated carbocycles. The number of nitrogens with zero attached hydrogens (tertiary/aromatic N) is 1. The first-order chi connectivity index (χ1) is 32.5. The van der Waals surface area contributed by atoms with E-state index in [4.69, 9.17) is 9.05 Å². The van der Waals surface area contributed by atoms with E-state index in [1.165, 1.54) is 148 Å². The molecule has 390 valence electrons. The van der Waals surface area contributed by atoms with Crippen molar-refractivity contribution >= 4 is 13.7 Å². The van der Waals surface area contributed by atoms with E-state index in [2.05, 4.69) is 79.9 Å². The summed E-state index contributed by atoms with van der Waals surface area (Å²) in [5, 5.41) is 13.8. The van der Waals surface area contributed by atoms with E-state index >= 15 is 0 Å². The summed E-state index contributed by atoms with van der Waals surface area (Å²) in [6.07, 6.45) is 66.9. The zero-order valence-corrected chi connectivity index (χ0v) is 45.2. The van der Waals surface area contributed by atoms with Crippen molar-refractivity contribution in [3.05, 3.63) is 72.9 Å². The first-order valence-electron chi connectivity index (χ1n) is 27.8. The van der Waals surface area contributed by atoms with Gasteiger partial charge in [-0.3, -0.25) is 9.36 Å². The summed E-state index contributed by atoms with van der Waals surface area (Å²) < 4.78 is 23.3. The fourth-order valence-corrected chi connectivity index (χ4v) is 8.44. The van der Waals surface area contributed by atoms with Gasteiger partial charge in [0, 0.05) is 6.42 Å². The number of amides is 1. The molecule has 0 spiro atoms. The Kier molecular flexibility index (Phi) is 47.4. The van der Waals surface area contributed by atoms with Gasteiger partial charge in [0.25, 0.3) is 7.82 Å². The van der Waals surface area contributed by atoms with Crippen LogP contribution in [0, 0.1) is 0 Å². The Morgan fingerprint density at radius 2 is 0.881 bits per heavy atom. The molecule has 0 aliphatic rings. The van der Waals surface area contributed by atoms with Gasteiger partial charge in [0.1, 0.15) is 13.2 Å². The molecule has 0 radical (unpaired) electrons. The molecule has 0 saturated heterocycles. The van der Waals surface area contributed by atoms with Crippen LogP contribution in [0.1, 0.15) is 239 Å². The van der Waals surface area contributed by atoms with Crippen LogP contribution in [0.3, 0.4) is 0 Å². The summed E-state index contributed by atoms with van der Waals surface area (Å²) in [7, 11) is 1.22. The Labute approximate surface area is 414 Å². The molecule has 0 heterocycles. The standard InChI is InChI=1S/C58H107N2O6P/c1-6-8-10-12-14-16-18-20-22-24-26-27-28-29-30-31-32-34-35-37-39-41-43-45-47-49-51-57(61)56(55-66-67(63,64)65-54-53-60(3,4)5)59-58(62)52-50-48-46-44-42-40-38-36-33-25-23-21-19-17-15-13-11-9-7-2/h15,17,21,23,33-36,41,43,49,51,56-57,61H,6-14,16,18-20,22,24-32,37-40,42,44-48,50,52-55H2,1-5H3,(H-,59,62,63,64)/b17-15-,23-21-,35-34+,36-33-,43-41+,51-49+. The topological polar surface area (TPSA) is 108 Å². The second kappa shape index (κ2) is 48.9. The summed E-state index contributed by atoms with van der Waals surface area (Å²) in [6, 6.07) is -0.921. The highest BCUT2D eigenvalue weighted by Gasteiger charge is 2.23. The average Bonchev–Trinajstić information content (AvgIpc) is 3.29. The average molecular weight is 959 g/mol. The number of allylic oxidation sites excluding steroid dienone is 11. The third-order valence-corrected chi connectivity index (χ3v) is 13.1. The number of hydrogen-bond acceptors (Lipinski definition) is 6. The van der Waals surface area contributed by atoms with Crippen molar-refractivity contribution in [1.29, 1.82) is 0 Å². The van der Waals surface area contributed by atoms with Crippen molar-refractivity contribution in [2.75, 3.05) is 40.9 Å². The van der Waals surface area contributed by atoms with E-state index in [1.807, 2.05) is 27.2 Å². The minimum absolute atomic E-state index is 0.0149. The summed E-state index contributed by atoms with van der Waals surface area (Å²) in [5.74, 6) is -0.225. The van der Waals surface area contributed by atoms with Crippen molar-refractivity contribution in [1.82, 2.24) is 5.32 Å². The van der Waals surface area contributed by atoms with Crippen molar-refractivity contribution in [3.8, 4) is 0 Å². The fraction of sp³-hybridized carbons (Fsp3) is 0.776. The molecule has 67 heavy (non-hydrogen) atoms. The molecule has 3 atom stereocenters. The first kappa shape index (κ1) is 64.9. The number of nitrogens with one attached hydrogen (secondary N) is 1. The highest BCUT2D eigenvalue weighted by Crippen LogP contribution is 2.38. The molecule has 8 nitrogen and oxygen atoms in total. The zero-order chi connectivity index (χ0) is 49.2. The quantitative estimate of drug-likeness (QED) is 0.0272. The van der Waals surface area contributed by atoms with E-state index in [0.29, 0.717) is 17.4 Å². The molecule has 3 unspecified atom stereocenters. The van der Waals surface area contributed by atoms with Gasteiger partial charge in [0.05, 0.1) is 39.9 Å². The summed E-state index contributed by atoms with van der Waals surface area (Å²) >= 11 is 0. The molecule has 0 aliphatic carbocycles. The van der Waals surface area contributed by atoms with Crippen LogP contribution in [0.15, 0.2) is 72.9 Å². The summed E-state index contributed by atoms with van der Waals surface area (Å²) in [6.45, 7) is 4.59. The van der Waals surface area contributed by atoms with Crippen LogP contribution in [0.25, 0.3) is 0 Å². The van der Waals surface area contributed by atoms with E-state index in [1.54, 1.807) is 6.08 Å². The van der Waals surface area contributed by atoms with Crippen LogP contribution in [0.4, 0.5) is 0 Å². The third kappa shape index (κ3) is 51.6. The van der Waals surface area contributed by atoms with E-state index in [9.17, 15) is 19.4 Å². The van der Waals surface area contributed by atoms with Crippen LogP contribution in [0.2, 0.25) is 0 Å². The minimum atomic E-state index is -4.62. The number of aliphatic hydroxyl groups is 1. The number of carbonyl (C=O) groups excluding carboxylic acids is 1. The van der Waals surface area contributed by atoms with Gasteiger partial charge in [-0.05, 0) is 83.5 Å². The van der Waals surface area contributed by atoms with Crippen LogP contribution in [0.5, 0.6) is 0 Å². The van der Waals surface area contributed by atoms with Gasteiger partial charge < -0.3 is 28.8 Å². The number of phosphoric ester groups is 1. The number of phosphoric acid groups is 1. The fourth-order valence-electron chi connectivity index (χ4n) is 7.72. The number of carbonyl (C=O) groups is 1. The molecule has 0 aromatic heterocycles. The molecule has 0 fully saturated rings. The molecule has 0 bridgehead atoms. The predicted molar refractivity (Wildman–Crippen MR) is 288 cm³/mol. The second-order valence-corrected chi connectivity index (χ2v) is 21.3. The van der Waals surface area contributed by atoms with Crippen molar-refractivity contribution in [2.24, 2.45) is 0 Å². The lowest BCUT2D eigenvalue weighted by Gasteiger charge is -2.29. The van der Waals surface area contributed by atoms with Crippen LogP contribution in [-0.4, -0.2) is 68.5 Å². The van der Waals surface area contributed by atoms with Gasteiger partial charge >= 0.3 is 0 Å². The Bertz CT molecular complexity index is 1320. The van der Waals surface area contributed by atoms with Crippen LogP contribution < -0.4 is 10.2 Å². The van der Waals surface area contributed by atoms with Gasteiger partial charge in [0.2, 0.25) is 5.91 Å². The number of unbranched alkanes of at least 4 members (excludes halogenated alkanes) is 27. The molecule has 0 aromatic carbocycles. The normalized spacial score (nSPS) is 14.6. The van der Waals surface area contributed by atoms with Gasteiger partial charge in [-0.25, -0.2) is 0 Å². The lowest BCUT2D eigenvalue weighted by molar-refractivity contribution is -0.870. The molecule has 0 aromatic rings. The van der Waals surface area contributed by atoms with Crippen LogP contribution in [-0.2, 0) is 18.4 Å². The van der Waals surface area contributed by atoms with Gasteiger partial charge in [-0.15, -0.1) is 0 Å². The number of hydrogen-bond donors (Lipinski definition) is 2. The Hall–Kier alpha value is -2.06. The molecule has 1 amide bonds. The maximum absolute atomic E-state index is 12.9. The zero-order valence-electron chi connectivity index (χ0n) is 44.3. The highest BCUT2D eigenvalue weighted by atomic mass is 31.2. The van der Waals surface area contributed by atoms with E-state index < -0.39 is 26.6 Å². The van der Waals surface area contributed by atoms with E-state index in [0.717, 1.165) is 70.6 Å². The van der Waals surface area contributed by atoms with Crippen molar-refractivity contribution in [3.63, 3.8) is 0 Å². The van der Waals surface area contributed by atoms with Gasteiger partial charge in [-0.1, -0.05) is 222 Å². The van der Waals surface area contributed by atoms with E-state index in [-0.39, 0.29) is 12.5 Å². The number of likely N-dealkylation sites (N-methyl/N-ethyl adjacent to an activating group) is 1. The second-order valence-electron chi connectivity index (χ2n) is 19.9. The third-order valence-electron chi connectivity index (χ3n) is 12.1. The summed E-state index contributed by atoms with van der Waals surface area (Å²) in [5.41, 5.74) is 0. The smallest absolute Gasteiger partial charge is 0.268 e. The lowest BCUT2D eigenvalue weighted by Crippen LogP contribution is -2.45.